The molecule has 0 amide bonds. The molecule has 0 aliphatic carbocycles. The zero-order valence-corrected chi connectivity index (χ0v) is 13.9. The Bertz CT molecular complexity index is 555. The standard InChI is InChI=1S/C17H21F3O5/c1-12(23-10-15-6-3-7-22-15)16(21)24-9-13-4-2-5-14(8-13)25-11-17(18,19)20/h2,4-5,8,12,15H,3,6-7,9-11H2,1H3. The van der Waals surface area contributed by atoms with Gasteiger partial charge in [0.1, 0.15) is 12.4 Å². The third kappa shape index (κ3) is 7.31. The minimum Gasteiger partial charge on any atom is -0.484 e. The van der Waals surface area contributed by atoms with Gasteiger partial charge in [-0.15, -0.1) is 0 Å². The van der Waals surface area contributed by atoms with E-state index in [4.69, 9.17) is 14.2 Å². The zero-order chi connectivity index (χ0) is 18.3. The number of carbonyl (C=O) groups excluding carboxylic acids is 1. The summed E-state index contributed by atoms with van der Waals surface area (Å²) in [6, 6.07) is 5.97. The zero-order valence-electron chi connectivity index (χ0n) is 13.9. The van der Waals surface area contributed by atoms with E-state index in [1.807, 2.05) is 0 Å². The molecule has 1 aromatic carbocycles. The number of hydrogen-bond acceptors (Lipinski definition) is 5. The lowest BCUT2D eigenvalue weighted by Crippen LogP contribution is -2.27. The SMILES string of the molecule is CC(OCC1CCCO1)C(=O)OCc1cccc(OCC(F)(F)F)c1. The van der Waals surface area contributed by atoms with Crippen molar-refractivity contribution in [2.24, 2.45) is 0 Å². The topological polar surface area (TPSA) is 54.0 Å². The highest BCUT2D eigenvalue weighted by Gasteiger charge is 2.28. The number of rotatable bonds is 8. The van der Waals surface area contributed by atoms with E-state index in [1.54, 1.807) is 13.0 Å². The summed E-state index contributed by atoms with van der Waals surface area (Å²) in [6.07, 6.45) is -3.24. The van der Waals surface area contributed by atoms with Gasteiger partial charge >= 0.3 is 12.1 Å². The Morgan fingerprint density at radius 3 is 2.88 bits per heavy atom. The van der Waals surface area contributed by atoms with Crippen molar-refractivity contribution in [3.05, 3.63) is 29.8 Å². The van der Waals surface area contributed by atoms with E-state index < -0.39 is 24.9 Å². The Morgan fingerprint density at radius 1 is 1.40 bits per heavy atom. The third-order valence-electron chi connectivity index (χ3n) is 3.57. The second kappa shape index (κ2) is 9.05. The van der Waals surface area contributed by atoms with E-state index in [0.717, 1.165) is 12.8 Å². The number of esters is 1. The average Bonchev–Trinajstić information content (AvgIpc) is 3.09. The van der Waals surface area contributed by atoms with Gasteiger partial charge in [-0.25, -0.2) is 4.79 Å². The molecule has 2 atom stereocenters. The Hall–Kier alpha value is -1.80. The summed E-state index contributed by atoms with van der Waals surface area (Å²) in [7, 11) is 0. The summed E-state index contributed by atoms with van der Waals surface area (Å²) in [6.45, 7) is 1.18. The number of hydrogen-bond donors (Lipinski definition) is 0. The molecule has 8 heteroatoms. The Morgan fingerprint density at radius 2 is 2.20 bits per heavy atom. The average molecular weight is 362 g/mol. The molecule has 1 aliphatic rings. The van der Waals surface area contributed by atoms with Crippen LogP contribution in [0.4, 0.5) is 13.2 Å². The van der Waals surface area contributed by atoms with Crippen LogP contribution in [0, 0.1) is 0 Å². The van der Waals surface area contributed by atoms with Gasteiger partial charge in [0.2, 0.25) is 0 Å². The fourth-order valence-electron chi connectivity index (χ4n) is 2.26. The van der Waals surface area contributed by atoms with Crippen LogP contribution in [0.3, 0.4) is 0 Å². The van der Waals surface area contributed by atoms with E-state index in [0.29, 0.717) is 18.8 Å². The van der Waals surface area contributed by atoms with Gasteiger partial charge in [0.25, 0.3) is 0 Å². The first-order chi connectivity index (χ1) is 11.8. The summed E-state index contributed by atoms with van der Waals surface area (Å²) >= 11 is 0. The van der Waals surface area contributed by atoms with Crippen LogP contribution in [-0.4, -0.2) is 44.2 Å². The molecule has 1 fully saturated rings. The minimum absolute atomic E-state index is 0.0118. The molecule has 0 radical (unpaired) electrons. The molecular weight excluding hydrogens is 341 g/mol. The maximum absolute atomic E-state index is 12.2. The first kappa shape index (κ1) is 19.5. The molecule has 2 unspecified atom stereocenters. The molecule has 0 aromatic heterocycles. The molecule has 1 saturated heterocycles. The fraction of sp³-hybridized carbons (Fsp3) is 0.588. The van der Waals surface area contributed by atoms with E-state index >= 15 is 0 Å². The summed E-state index contributed by atoms with van der Waals surface area (Å²) in [5.74, 6) is -0.479. The van der Waals surface area contributed by atoms with Crippen LogP contribution < -0.4 is 4.74 Å². The van der Waals surface area contributed by atoms with Gasteiger partial charge in [-0.1, -0.05) is 12.1 Å². The Kier molecular flexibility index (Phi) is 7.07. The first-order valence-corrected chi connectivity index (χ1v) is 8.02. The minimum atomic E-state index is -4.40. The van der Waals surface area contributed by atoms with Gasteiger partial charge < -0.3 is 18.9 Å². The molecule has 1 aliphatic heterocycles. The summed E-state index contributed by atoms with van der Waals surface area (Å²) in [4.78, 5) is 11.9. The lowest BCUT2D eigenvalue weighted by molar-refractivity contribution is -0.159. The van der Waals surface area contributed by atoms with Gasteiger partial charge in [0, 0.05) is 6.61 Å². The molecule has 0 spiro atoms. The van der Waals surface area contributed by atoms with Gasteiger partial charge in [-0.3, -0.25) is 0 Å². The lowest BCUT2D eigenvalue weighted by Gasteiger charge is -2.15. The number of carbonyl (C=O) groups is 1. The van der Waals surface area contributed by atoms with Crippen LogP contribution in [0.1, 0.15) is 25.3 Å². The highest BCUT2D eigenvalue weighted by atomic mass is 19.4. The van der Waals surface area contributed by atoms with Crippen molar-refractivity contribution in [3.63, 3.8) is 0 Å². The van der Waals surface area contributed by atoms with Crippen LogP contribution in [0.2, 0.25) is 0 Å². The number of benzene rings is 1. The predicted molar refractivity (Wildman–Crippen MR) is 82.2 cm³/mol. The molecular formula is C17H21F3O5. The third-order valence-corrected chi connectivity index (χ3v) is 3.57. The highest BCUT2D eigenvalue weighted by molar-refractivity contribution is 5.74. The number of ether oxygens (including phenoxy) is 4. The quantitative estimate of drug-likeness (QED) is 0.665. The van der Waals surface area contributed by atoms with Gasteiger partial charge in [-0.2, -0.15) is 13.2 Å². The van der Waals surface area contributed by atoms with E-state index in [9.17, 15) is 18.0 Å². The van der Waals surface area contributed by atoms with Crippen molar-refractivity contribution in [3.8, 4) is 5.75 Å². The van der Waals surface area contributed by atoms with Crippen LogP contribution in [0.25, 0.3) is 0 Å². The number of alkyl halides is 3. The van der Waals surface area contributed by atoms with Crippen molar-refractivity contribution in [2.45, 2.75) is 44.8 Å². The summed E-state index contributed by atoms with van der Waals surface area (Å²) < 4.78 is 57.1. The van der Waals surface area contributed by atoms with Crippen LogP contribution in [-0.2, 0) is 25.6 Å². The summed E-state index contributed by atoms with van der Waals surface area (Å²) in [5.41, 5.74) is 0.527. The molecule has 25 heavy (non-hydrogen) atoms. The van der Waals surface area contributed by atoms with Crippen molar-refractivity contribution in [1.29, 1.82) is 0 Å². The van der Waals surface area contributed by atoms with Crippen molar-refractivity contribution >= 4 is 5.97 Å². The van der Waals surface area contributed by atoms with Crippen LogP contribution >= 0.6 is 0 Å². The van der Waals surface area contributed by atoms with Crippen LogP contribution in [0.5, 0.6) is 5.75 Å². The lowest BCUT2D eigenvalue weighted by atomic mass is 10.2. The van der Waals surface area contributed by atoms with E-state index in [-0.39, 0.29) is 18.5 Å². The monoisotopic (exact) mass is 362 g/mol. The smallest absolute Gasteiger partial charge is 0.422 e. The summed E-state index contributed by atoms with van der Waals surface area (Å²) in [5, 5.41) is 0. The van der Waals surface area contributed by atoms with E-state index in [2.05, 4.69) is 4.74 Å². The second-order valence-corrected chi connectivity index (χ2v) is 5.77. The maximum Gasteiger partial charge on any atom is 0.422 e. The predicted octanol–water partition coefficient (Wildman–Crippen LogP) is 3.26. The molecule has 0 saturated carbocycles. The normalized spacial score (nSPS) is 18.8. The molecule has 0 N–H and O–H groups in total. The van der Waals surface area contributed by atoms with Gasteiger partial charge in [-0.05, 0) is 37.5 Å². The first-order valence-electron chi connectivity index (χ1n) is 8.02. The van der Waals surface area contributed by atoms with Gasteiger partial charge in [0.15, 0.2) is 12.7 Å². The van der Waals surface area contributed by atoms with Crippen molar-refractivity contribution < 1.29 is 36.9 Å². The van der Waals surface area contributed by atoms with Crippen molar-refractivity contribution in [1.82, 2.24) is 0 Å². The molecule has 0 bridgehead atoms. The Balaban J connectivity index is 1.74. The highest BCUT2D eigenvalue weighted by Crippen LogP contribution is 2.20. The van der Waals surface area contributed by atoms with Gasteiger partial charge in [0.05, 0.1) is 12.7 Å². The molecule has 1 aromatic rings. The largest absolute Gasteiger partial charge is 0.484 e. The number of halogens is 3. The molecule has 2 rings (SSSR count). The molecule has 1 heterocycles. The Labute approximate surface area is 144 Å². The maximum atomic E-state index is 12.2. The van der Waals surface area contributed by atoms with Crippen LogP contribution in [0.15, 0.2) is 24.3 Å². The fourth-order valence-corrected chi connectivity index (χ4v) is 2.26. The van der Waals surface area contributed by atoms with Crippen molar-refractivity contribution in [2.75, 3.05) is 19.8 Å². The second-order valence-electron chi connectivity index (χ2n) is 5.77. The molecule has 140 valence electrons. The molecule has 5 nitrogen and oxygen atoms in total. The van der Waals surface area contributed by atoms with E-state index in [1.165, 1.54) is 18.2 Å².